The molecule has 2 rings (SSSR count). The van der Waals surface area contributed by atoms with Crippen LogP contribution in [0.25, 0.3) is 0 Å². The normalized spacial score (nSPS) is 11.8. The number of aromatic nitrogens is 2. The van der Waals surface area contributed by atoms with Crippen molar-refractivity contribution in [3.8, 4) is 0 Å². The molecule has 0 spiro atoms. The Balaban J connectivity index is 2.14. The molecule has 0 radical (unpaired) electrons. The van der Waals surface area contributed by atoms with Gasteiger partial charge in [-0.1, -0.05) is 6.07 Å². The first-order valence-electron chi connectivity index (χ1n) is 5.58. The third-order valence-corrected chi connectivity index (χ3v) is 2.54. The van der Waals surface area contributed by atoms with E-state index in [4.69, 9.17) is 0 Å². The number of amides is 1. The van der Waals surface area contributed by atoms with Crippen molar-refractivity contribution in [1.82, 2.24) is 15.3 Å². The van der Waals surface area contributed by atoms with Gasteiger partial charge < -0.3 is 10.3 Å². The summed E-state index contributed by atoms with van der Waals surface area (Å²) in [5.74, 6) is -0.407. The summed E-state index contributed by atoms with van der Waals surface area (Å²) >= 11 is 0. The zero-order valence-corrected chi connectivity index (χ0v) is 9.88. The molecule has 0 bridgehead atoms. The lowest BCUT2D eigenvalue weighted by molar-refractivity contribution is 0.0937. The summed E-state index contributed by atoms with van der Waals surface area (Å²) in [5, 5.41) is 2.73. The molecule has 0 saturated heterocycles. The van der Waals surface area contributed by atoms with Crippen LogP contribution < -0.4 is 10.9 Å². The van der Waals surface area contributed by atoms with Crippen LogP contribution in [0, 0.1) is 0 Å². The SMILES string of the molecule is CC(NC(=O)c1ccc[nH]c1=O)c1ccccn1. The molecule has 0 saturated carbocycles. The number of carbonyl (C=O) groups excluding carboxylic acids is 1. The van der Waals surface area contributed by atoms with E-state index in [0.29, 0.717) is 0 Å². The molecule has 18 heavy (non-hydrogen) atoms. The predicted molar refractivity (Wildman–Crippen MR) is 67.2 cm³/mol. The standard InChI is InChI=1S/C13H13N3O2/c1-9(11-6-2-3-7-14-11)16-13(18)10-5-4-8-15-12(10)17/h2-9H,1H3,(H,15,17)(H,16,18). The minimum absolute atomic E-state index is 0.0975. The van der Waals surface area contributed by atoms with E-state index in [0.717, 1.165) is 5.69 Å². The van der Waals surface area contributed by atoms with Crippen LogP contribution in [0.2, 0.25) is 0 Å². The summed E-state index contributed by atoms with van der Waals surface area (Å²) in [5.41, 5.74) is 0.446. The van der Waals surface area contributed by atoms with Crippen molar-refractivity contribution in [1.29, 1.82) is 0 Å². The third kappa shape index (κ3) is 2.63. The van der Waals surface area contributed by atoms with Gasteiger partial charge in [0.05, 0.1) is 11.7 Å². The van der Waals surface area contributed by atoms with Crippen molar-refractivity contribution >= 4 is 5.91 Å². The van der Waals surface area contributed by atoms with Gasteiger partial charge in [0.15, 0.2) is 0 Å². The van der Waals surface area contributed by atoms with Crippen LogP contribution in [0.5, 0.6) is 0 Å². The average Bonchev–Trinajstić information content (AvgIpc) is 2.40. The first kappa shape index (κ1) is 12.0. The van der Waals surface area contributed by atoms with Crippen molar-refractivity contribution in [3.05, 3.63) is 64.3 Å². The summed E-state index contributed by atoms with van der Waals surface area (Å²) in [7, 11) is 0. The molecule has 92 valence electrons. The van der Waals surface area contributed by atoms with Crippen LogP contribution >= 0.6 is 0 Å². The minimum atomic E-state index is -0.407. The zero-order valence-electron chi connectivity index (χ0n) is 9.88. The molecule has 2 heterocycles. The van der Waals surface area contributed by atoms with Crippen LogP contribution in [0.15, 0.2) is 47.5 Å². The molecule has 2 aromatic heterocycles. The quantitative estimate of drug-likeness (QED) is 0.852. The largest absolute Gasteiger partial charge is 0.344 e. The number of hydrogen-bond acceptors (Lipinski definition) is 3. The highest BCUT2D eigenvalue weighted by molar-refractivity contribution is 5.93. The Bertz CT molecular complexity index is 592. The van der Waals surface area contributed by atoms with Gasteiger partial charge in [0.1, 0.15) is 5.56 Å². The monoisotopic (exact) mass is 243 g/mol. The zero-order chi connectivity index (χ0) is 13.0. The van der Waals surface area contributed by atoms with E-state index in [1.807, 2.05) is 19.1 Å². The minimum Gasteiger partial charge on any atom is -0.344 e. The van der Waals surface area contributed by atoms with Gasteiger partial charge in [-0.3, -0.25) is 14.6 Å². The second-order valence-corrected chi connectivity index (χ2v) is 3.86. The Kier molecular flexibility index (Phi) is 3.52. The molecular formula is C13H13N3O2. The lowest BCUT2D eigenvalue weighted by atomic mass is 10.2. The van der Waals surface area contributed by atoms with Crippen molar-refractivity contribution < 1.29 is 4.79 Å². The molecule has 1 amide bonds. The van der Waals surface area contributed by atoms with E-state index in [2.05, 4.69) is 15.3 Å². The second kappa shape index (κ2) is 5.27. The van der Waals surface area contributed by atoms with Gasteiger partial charge in [0, 0.05) is 12.4 Å². The van der Waals surface area contributed by atoms with Gasteiger partial charge in [-0.05, 0) is 31.2 Å². The Labute approximate surface area is 104 Å². The van der Waals surface area contributed by atoms with Crippen molar-refractivity contribution in [2.45, 2.75) is 13.0 Å². The number of nitrogens with zero attached hydrogens (tertiary/aromatic N) is 1. The lowest BCUT2D eigenvalue weighted by Crippen LogP contribution is -2.31. The molecule has 0 aliphatic heterocycles. The molecule has 1 atom stereocenters. The molecule has 2 N–H and O–H groups in total. The molecule has 0 aliphatic carbocycles. The molecular weight excluding hydrogens is 230 g/mol. The fraction of sp³-hybridized carbons (Fsp3) is 0.154. The summed E-state index contributed by atoms with van der Waals surface area (Å²) in [6.07, 6.45) is 3.15. The van der Waals surface area contributed by atoms with Crippen LogP contribution in [0.1, 0.15) is 29.0 Å². The summed E-state index contributed by atoms with van der Waals surface area (Å²) in [4.78, 5) is 29.9. The van der Waals surface area contributed by atoms with E-state index >= 15 is 0 Å². The maximum absolute atomic E-state index is 11.9. The fourth-order valence-corrected chi connectivity index (χ4v) is 1.58. The molecule has 0 aliphatic rings. The molecule has 5 nitrogen and oxygen atoms in total. The molecule has 0 aromatic carbocycles. The van der Waals surface area contributed by atoms with Crippen molar-refractivity contribution in [3.63, 3.8) is 0 Å². The van der Waals surface area contributed by atoms with Crippen LogP contribution in [0.3, 0.4) is 0 Å². The van der Waals surface area contributed by atoms with E-state index in [1.54, 1.807) is 18.3 Å². The average molecular weight is 243 g/mol. The molecule has 5 heteroatoms. The lowest BCUT2D eigenvalue weighted by Gasteiger charge is -2.12. The fourth-order valence-electron chi connectivity index (χ4n) is 1.58. The number of carbonyl (C=O) groups is 1. The van der Waals surface area contributed by atoms with Crippen LogP contribution in [0.4, 0.5) is 0 Å². The highest BCUT2D eigenvalue weighted by Gasteiger charge is 2.14. The van der Waals surface area contributed by atoms with Gasteiger partial charge in [-0.25, -0.2) is 0 Å². The second-order valence-electron chi connectivity index (χ2n) is 3.86. The van der Waals surface area contributed by atoms with E-state index in [9.17, 15) is 9.59 Å². The number of pyridine rings is 2. The van der Waals surface area contributed by atoms with Gasteiger partial charge in [-0.2, -0.15) is 0 Å². The Hall–Kier alpha value is -2.43. The van der Waals surface area contributed by atoms with Gasteiger partial charge >= 0.3 is 0 Å². The van der Waals surface area contributed by atoms with Crippen molar-refractivity contribution in [2.75, 3.05) is 0 Å². The topological polar surface area (TPSA) is 74.8 Å². The van der Waals surface area contributed by atoms with E-state index in [1.165, 1.54) is 12.3 Å². The van der Waals surface area contributed by atoms with E-state index < -0.39 is 11.5 Å². The molecule has 2 aromatic rings. The maximum atomic E-state index is 11.9. The van der Waals surface area contributed by atoms with Crippen molar-refractivity contribution in [2.24, 2.45) is 0 Å². The van der Waals surface area contributed by atoms with Gasteiger partial charge in [0.25, 0.3) is 11.5 Å². The summed E-state index contributed by atoms with van der Waals surface area (Å²) in [6.45, 7) is 1.82. The number of hydrogen-bond donors (Lipinski definition) is 2. The van der Waals surface area contributed by atoms with Gasteiger partial charge in [-0.15, -0.1) is 0 Å². The summed E-state index contributed by atoms with van der Waals surface area (Å²) < 4.78 is 0. The molecule has 1 unspecified atom stereocenters. The highest BCUT2D eigenvalue weighted by atomic mass is 16.2. The Morgan fingerprint density at radius 1 is 1.33 bits per heavy atom. The van der Waals surface area contributed by atoms with Crippen LogP contribution in [-0.2, 0) is 0 Å². The Morgan fingerprint density at radius 3 is 2.83 bits per heavy atom. The number of rotatable bonds is 3. The van der Waals surface area contributed by atoms with Crippen LogP contribution in [-0.4, -0.2) is 15.9 Å². The maximum Gasteiger partial charge on any atom is 0.260 e. The predicted octanol–water partition coefficient (Wildman–Crippen LogP) is 1.26. The van der Waals surface area contributed by atoms with Gasteiger partial charge in [0.2, 0.25) is 0 Å². The summed E-state index contributed by atoms with van der Waals surface area (Å²) in [6, 6.07) is 8.32. The van der Waals surface area contributed by atoms with E-state index in [-0.39, 0.29) is 11.6 Å². The Morgan fingerprint density at radius 2 is 2.17 bits per heavy atom. The molecule has 0 fully saturated rings. The third-order valence-electron chi connectivity index (χ3n) is 2.54. The first-order chi connectivity index (χ1) is 8.68. The number of H-pyrrole nitrogens is 1. The smallest absolute Gasteiger partial charge is 0.260 e. The number of aromatic amines is 1. The first-order valence-corrected chi connectivity index (χ1v) is 5.58. The number of nitrogens with one attached hydrogen (secondary N) is 2. The highest BCUT2D eigenvalue weighted by Crippen LogP contribution is 2.08.